The molecule has 2 aliphatic rings. The lowest BCUT2D eigenvalue weighted by Gasteiger charge is -2.38. The lowest BCUT2D eigenvalue weighted by atomic mass is 9.92. The Labute approximate surface area is 218 Å². The number of benzene rings is 1. The molecule has 1 saturated heterocycles. The van der Waals surface area contributed by atoms with E-state index in [2.05, 4.69) is 20.5 Å². The molecule has 9 nitrogen and oxygen atoms in total. The normalized spacial score (nSPS) is 21.0. The van der Waals surface area contributed by atoms with Crippen LogP contribution in [-0.2, 0) is 4.74 Å². The van der Waals surface area contributed by atoms with E-state index in [-0.39, 0.29) is 23.8 Å². The number of ketones is 1. The molecule has 2 aromatic rings. The van der Waals surface area contributed by atoms with Crippen molar-refractivity contribution in [1.82, 2.24) is 10.3 Å². The highest BCUT2D eigenvalue weighted by atomic mass is 16.5. The van der Waals surface area contributed by atoms with Crippen LogP contribution in [0.15, 0.2) is 36.5 Å². The van der Waals surface area contributed by atoms with Crippen molar-refractivity contribution in [3.05, 3.63) is 53.2 Å². The molecule has 1 aliphatic carbocycles. The smallest absolute Gasteiger partial charge is 0.251 e. The summed E-state index contributed by atoms with van der Waals surface area (Å²) >= 11 is 0. The lowest BCUT2D eigenvalue weighted by Crippen LogP contribution is -2.43. The van der Waals surface area contributed by atoms with Gasteiger partial charge < -0.3 is 26.0 Å². The molecule has 2 fully saturated rings. The van der Waals surface area contributed by atoms with E-state index in [0.29, 0.717) is 47.5 Å². The number of carbonyl (C=O) groups excluding carboxylic acids is 3. The van der Waals surface area contributed by atoms with Gasteiger partial charge in [-0.25, -0.2) is 4.98 Å². The van der Waals surface area contributed by atoms with E-state index in [9.17, 15) is 14.4 Å². The molecule has 4 N–H and O–H groups in total. The van der Waals surface area contributed by atoms with Crippen molar-refractivity contribution in [3.63, 3.8) is 0 Å². The third-order valence-corrected chi connectivity index (χ3v) is 7.23. The van der Waals surface area contributed by atoms with Gasteiger partial charge in [-0.2, -0.15) is 0 Å². The van der Waals surface area contributed by atoms with Crippen molar-refractivity contribution >= 4 is 29.1 Å². The Bertz CT molecular complexity index is 1130. The van der Waals surface area contributed by atoms with E-state index in [1.54, 1.807) is 31.3 Å². The Morgan fingerprint density at radius 3 is 2.62 bits per heavy atom. The number of Topliss-reactive ketones (excluding diaryl/α,β-unsaturated/α-hetero) is 1. The highest BCUT2D eigenvalue weighted by Crippen LogP contribution is 2.39. The van der Waals surface area contributed by atoms with Crippen LogP contribution in [0, 0.1) is 5.92 Å². The predicted molar refractivity (Wildman–Crippen MR) is 143 cm³/mol. The SMILES string of the molecule is CC(=O)c1ccc(N2CCCC3CC(NC(=O)c4ccc(C(N)=O)c(NCCOC(C)C)c4)CC32)nc1. The Balaban J connectivity index is 1.41. The first-order valence-corrected chi connectivity index (χ1v) is 13.1. The summed E-state index contributed by atoms with van der Waals surface area (Å²) in [7, 11) is 0. The van der Waals surface area contributed by atoms with Crippen LogP contribution >= 0.6 is 0 Å². The largest absolute Gasteiger partial charge is 0.382 e. The van der Waals surface area contributed by atoms with Gasteiger partial charge in [0, 0.05) is 48.2 Å². The number of primary amides is 1. The molecular weight excluding hydrogens is 470 g/mol. The molecular formula is C28H37N5O4. The van der Waals surface area contributed by atoms with Gasteiger partial charge in [0.25, 0.3) is 11.8 Å². The lowest BCUT2D eigenvalue weighted by molar-refractivity contribution is 0.0869. The van der Waals surface area contributed by atoms with Gasteiger partial charge in [0.2, 0.25) is 0 Å². The molecule has 0 radical (unpaired) electrons. The molecule has 2 heterocycles. The van der Waals surface area contributed by atoms with Crippen molar-refractivity contribution in [2.45, 2.75) is 64.6 Å². The van der Waals surface area contributed by atoms with Crippen molar-refractivity contribution in [1.29, 1.82) is 0 Å². The van der Waals surface area contributed by atoms with E-state index < -0.39 is 5.91 Å². The van der Waals surface area contributed by atoms with Crippen LogP contribution in [0.4, 0.5) is 11.5 Å². The van der Waals surface area contributed by atoms with Crippen LogP contribution < -0.4 is 21.3 Å². The fourth-order valence-corrected chi connectivity index (χ4v) is 5.45. The first-order valence-electron chi connectivity index (χ1n) is 13.1. The maximum absolute atomic E-state index is 13.2. The van der Waals surface area contributed by atoms with Crippen molar-refractivity contribution < 1.29 is 19.1 Å². The average molecular weight is 508 g/mol. The van der Waals surface area contributed by atoms with Crippen LogP contribution in [0.2, 0.25) is 0 Å². The van der Waals surface area contributed by atoms with E-state index in [0.717, 1.165) is 38.0 Å². The molecule has 4 rings (SSSR count). The maximum atomic E-state index is 13.2. The minimum absolute atomic E-state index is 0.00493. The van der Waals surface area contributed by atoms with Crippen LogP contribution in [0.1, 0.15) is 77.5 Å². The zero-order valence-corrected chi connectivity index (χ0v) is 21.8. The van der Waals surface area contributed by atoms with E-state index in [1.807, 2.05) is 26.0 Å². The van der Waals surface area contributed by atoms with Gasteiger partial charge in [0.05, 0.1) is 18.3 Å². The number of amides is 2. The first kappa shape index (κ1) is 26.6. The number of piperidine rings is 1. The van der Waals surface area contributed by atoms with Gasteiger partial charge in [0.1, 0.15) is 5.82 Å². The highest BCUT2D eigenvalue weighted by molar-refractivity contribution is 6.02. The van der Waals surface area contributed by atoms with Gasteiger partial charge in [-0.3, -0.25) is 14.4 Å². The fourth-order valence-electron chi connectivity index (χ4n) is 5.45. The minimum atomic E-state index is -0.552. The summed E-state index contributed by atoms with van der Waals surface area (Å²) in [6.45, 7) is 7.34. The van der Waals surface area contributed by atoms with Gasteiger partial charge in [-0.15, -0.1) is 0 Å². The number of nitrogens with two attached hydrogens (primary N) is 1. The fraction of sp³-hybridized carbons (Fsp3) is 0.500. The second kappa shape index (κ2) is 11.7. The number of rotatable bonds is 10. The number of nitrogens with zero attached hydrogens (tertiary/aromatic N) is 2. The number of fused-ring (bicyclic) bond motifs is 1. The quantitative estimate of drug-likeness (QED) is 0.332. The number of anilines is 2. The number of hydrogen-bond donors (Lipinski definition) is 3. The number of nitrogens with one attached hydrogen (secondary N) is 2. The molecule has 9 heteroatoms. The summed E-state index contributed by atoms with van der Waals surface area (Å²) in [6, 6.07) is 9.01. The average Bonchev–Trinajstić information content (AvgIpc) is 3.28. The Hall–Kier alpha value is -3.46. The third kappa shape index (κ3) is 6.46. The van der Waals surface area contributed by atoms with Crippen molar-refractivity contribution in [2.24, 2.45) is 11.7 Å². The number of ether oxygens (including phenoxy) is 1. The highest BCUT2D eigenvalue weighted by Gasteiger charge is 2.41. The Kier molecular flexibility index (Phi) is 8.43. The zero-order chi connectivity index (χ0) is 26.5. The van der Waals surface area contributed by atoms with Crippen LogP contribution in [0.25, 0.3) is 0 Å². The molecule has 198 valence electrons. The molecule has 1 aliphatic heterocycles. The van der Waals surface area contributed by atoms with Gasteiger partial charge in [0.15, 0.2) is 5.78 Å². The number of aromatic nitrogens is 1. The summed E-state index contributed by atoms with van der Waals surface area (Å²) < 4.78 is 5.55. The molecule has 1 aromatic heterocycles. The second-order valence-electron chi connectivity index (χ2n) is 10.2. The molecule has 1 aromatic carbocycles. The summed E-state index contributed by atoms with van der Waals surface area (Å²) in [5.74, 6) is 0.640. The molecule has 3 atom stereocenters. The standard InChI is InChI=1S/C28H37N5O4/c1-17(2)37-12-10-30-24-14-20(6-8-23(24)27(29)35)28(36)32-22-13-19-5-4-11-33(25(19)15-22)26-9-7-21(16-31-26)18(3)34/h6-9,14,16-17,19,22,25,30H,4-5,10-13,15H2,1-3H3,(H2,29,35)(H,32,36). The van der Waals surface area contributed by atoms with Crippen LogP contribution in [0.3, 0.4) is 0 Å². The van der Waals surface area contributed by atoms with Gasteiger partial charge in [-0.1, -0.05) is 0 Å². The number of pyridine rings is 1. The van der Waals surface area contributed by atoms with Crippen molar-refractivity contribution in [2.75, 3.05) is 29.9 Å². The van der Waals surface area contributed by atoms with E-state index in [1.165, 1.54) is 0 Å². The zero-order valence-electron chi connectivity index (χ0n) is 21.8. The second-order valence-corrected chi connectivity index (χ2v) is 10.2. The van der Waals surface area contributed by atoms with E-state index in [4.69, 9.17) is 10.5 Å². The number of hydrogen-bond acceptors (Lipinski definition) is 7. The molecule has 37 heavy (non-hydrogen) atoms. The topological polar surface area (TPSA) is 127 Å². The van der Waals surface area contributed by atoms with Crippen LogP contribution in [0.5, 0.6) is 0 Å². The van der Waals surface area contributed by atoms with E-state index >= 15 is 0 Å². The molecule has 1 saturated carbocycles. The summed E-state index contributed by atoms with van der Waals surface area (Å²) in [6.07, 6.45) is 5.70. The first-order chi connectivity index (χ1) is 17.7. The molecule has 0 bridgehead atoms. The molecule has 3 unspecified atom stereocenters. The van der Waals surface area contributed by atoms with Gasteiger partial charge >= 0.3 is 0 Å². The Morgan fingerprint density at radius 2 is 1.95 bits per heavy atom. The van der Waals surface area contributed by atoms with Crippen LogP contribution in [-0.4, -0.2) is 60.5 Å². The summed E-state index contributed by atoms with van der Waals surface area (Å²) in [4.78, 5) is 43.6. The third-order valence-electron chi connectivity index (χ3n) is 7.23. The van der Waals surface area contributed by atoms with Gasteiger partial charge in [-0.05, 0) is 82.7 Å². The maximum Gasteiger partial charge on any atom is 0.251 e. The summed E-state index contributed by atoms with van der Waals surface area (Å²) in [5.41, 5.74) is 7.49. The summed E-state index contributed by atoms with van der Waals surface area (Å²) in [5, 5.41) is 6.38. The van der Waals surface area contributed by atoms with Crippen molar-refractivity contribution in [3.8, 4) is 0 Å². The monoisotopic (exact) mass is 507 g/mol. The minimum Gasteiger partial charge on any atom is -0.382 e. The number of carbonyl (C=O) groups is 3. The molecule has 2 amide bonds. The molecule has 0 spiro atoms. The Morgan fingerprint density at radius 1 is 1.16 bits per heavy atom. The predicted octanol–water partition coefficient (Wildman–Crippen LogP) is 3.40.